The van der Waals surface area contributed by atoms with Crippen molar-refractivity contribution in [3.05, 3.63) is 12.2 Å². The first-order valence-corrected chi connectivity index (χ1v) is 3.70. The van der Waals surface area contributed by atoms with Crippen molar-refractivity contribution in [1.82, 2.24) is 0 Å². The molecule has 1 aliphatic carbocycles. The molecule has 0 spiro atoms. The number of aliphatic carboxylic acids is 1. The molecule has 3 atom stereocenters. The van der Waals surface area contributed by atoms with Crippen LogP contribution >= 0.6 is 0 Å². The summed E-state index contributed by atoms with van der Waals surface area (Å²) >= 11 is 0. The van der Waals surface area contributed by atoms with Gasteiger partial charge in [-0.3, -0.25) is 4.79 Å². The summed E-state index contributed by atoms with van der Waals surface area (Å²) in [4.78, 5) is 10.6. The SMILES string of the molecule is CC1C(C(=O)O)CC=C[C@H]1O. The summed E-state index contributed by atoms with van der Waals surface area (Å²) in [6.07, 6.45) is 3.33. The minimum Gasteiger partial charge on any atom is -0.481 e. The molecule has 3 heteroatoms. The Labute approximate surface area is 65.3 Å². The smallest absolute Gasteiger partial charge is 0.307 e. The minimum atomic E-state index is -0.819. The fraction of sp³-hybridized carbons (Fsp3) is 0.625. The van der Waals surface area contributed by atoms with Crippen molar-refractivity contribution in [2.45, 2.75) is 19.4 Å². The van der Waals surface area contributed by atoms with Crippen molar-refractivity contribution in [3.8, 4) is 0 Å². The van der Waals surface area contributed by atoms with E-state index in [0.29, 0.717) is 6.42 Å². The van der Waals surface area contributed by atoms with Gasteiger partial charge >= 0.3 is 5.97 Å². The van der Waals surface area contributed by atoms with Crippen molar-refractivity contribution in [2.75, 3.05) is 0 Å². The standard InChI is InChI=1S/C8H12O3/c1-5-6(8(10)11)3-2-4-7(5)9/h2,4-7,9H,3H2,1H3,(H,10,11)/t5?,6?,7-/m1/s1. The minimum absolute atomic E-state index is 0.169. The maximum Gasteiger partial charge on any atom is 0.307 e. The van der Waals surface area contributed by atoms with Crippen molar-refractivity contribution in [2.24, 2.45) is 11.8 Å². The highest BCUT2D eigenvalue weighted by Gasteiger charge is 2.30. The first-order valence-electron chi connectivity index (χ1n) is 3.70. The molecule has 0 saturated heterocycles. The molecule has 2 unspecified atom stereocenters. The fourth-order valence-corrected chi connectivity index (χ4v) is 1.32. The second-order valence-corrected chi connectivity index (χ2v) is 2.96. The maximum absolute atomic E-state index is 10.6. The van der Waals surface area contributed by atoms with Crippen LogP contribution in [0, 0.1) is 11.8 Å². The lowest BCUT2D eigenvalue weighted by molar-refractivity contribution is -0.144. The van der Waals surface area contributed by atoms with Gasteiger partial charge in [-0.05, 0) is 12.3 Å². The van der Waals surface area contributed by atoms with Crippen LogP contribution in [0.1, 0.15) is 13.3 Å². The predicted molar refractivity (Wildman–Crippen MR) is 40.1 cm³/mol. The molecule has 0 heterocycles. The molecule has 0 amide bonds. The maximum atomic E-state index is 10.6. The summed E-state index contributed by atoms with van der Waals surface area (Å²) < 4.78 is 0. The van der Waals surface area contributed by atoms with Crippen LogP contribution in [0.3, 0.4) is 0 Å². The molecule has 2 N–H and O–H groups in total. The number of aliphatic hydroxyl groups is 1. The third-order valence-corrected chi connectivity index (χ3v) is 2.21. The van der Waals surface area contributed by atoms with Crippen molar-refractivity contribution >= 4 is 5.97 Å². The van der Waals surface area contributed by atoms with Gasteiger partial charge in [-0.25, -0.2) is 0 Å². The lowest BCUT2D eigenvalue weighted by atomic mass is 9.83. The first-order chi connectivity index (χ1) is 5.13. The Hall–Kier alpha value is -0.830. The van der Waals surface area contributed by atoms with Gasteiger partial charge in [0, 0.05) is 0 Å². The molecule has 0 fully saturated rings. The van der Waals surface area contributed by atoms with Gasteiger partial charge in [-0.1, -0.05) is 19.1 Å². The zero-order valence-corrected chi connectivity index (χ0v) is 6.40. The van der Waals surface area contributed by atoms with Gasteiger partial charge < -0.3 is 10.2 Å². The molecule has 62 valence electrons. The molecule has 1 aliphatic rings. The molecular formula is C8H12O3. The van der Waals surface area contributed by atoms with Crippen molar-refractivity contribution < 1.29 is 15.0 Å². The van der Waals surface area contributed by atoms with E-state index in [-0.39, 0.29) is 5.92 Å². The Morgan fingerprint density at radius 1 is 1.64 bits per heavy atom. The second kappa shape index (κ2) is 3.05. The Morgan fingerprint density at radius 3 is 2.73 bits per heavy atom. The monoisotopic (exact) mass is 156 g/mol. The number of aliphatic hydroxyl groups excluding tert-OH is 1. The summed E-state index contributed by atoms with van der Waals surface area (Å²) in [5, 5.41) is 17.9. The molecule has 0 aromatic rings. The van der Waals surface area contributed by atoms with Crippen LogP contribution in [0.4, 0.5) is 0 Å². The molecule has 0 aliphatic heterocycles. The highest BCUT2D eigenvalue weighted by Crippen LogP contribution is 2.25. The zero-order chi connectivity index (χ0) is 8.43. The second-order valence-electron chi connectivity index (χ2n) is 2.96. The Kier molecular flexibility index (Phi) is 2.29. The number of carbonyl (C=O) groups is 1. The number of hydrogen-bond acceptors (Lipinski definition) is 2. The van der Waals surface area contributed by atoms with E-state index in [1.807, 2.05) is 0 Å². The normalized spacial score (nSPS) is 37.1. The average molecular weight is 156 g/mol. The van der Waals surface area contributed by atoms with E-state index in [2.05, 4.69) is 0 Å². The molecular weight excluding hydrogens is 144 g/mol. The zero-order valence-electron chi connectivity index (χ0n) is 6.40. The van der Waals surface area contributed by atoms with Crippen molar-refractivity contribution in [1.29, 1.82) is 0 Å². The Balaban J connectivity index is 2.70. The third-order valence-electron chi connectivity index (χ3n) is 2.21. The highest BCUT2D eigenvalue weighted by atomic mass is 16.4. The summed E-state index contributed by atoms with van der Waals surface area (Å²) in [7, 11) is 0. The number of allylic oxidation sites excluding steroid dienone is 1. The van der Waals surface area contributed by atoms with Gasteiger partial charge in [0.1, 0.15) is 0 Å². The Bertz CT molecular complexity index is 186. The highest BCUT2D eigenvalue weighted by molar-refractivity contribution is 5.71. The molecule has 0 saturated carbocycles. The first kappa shape index (κ1) is 8.27. The molecule has 1 rings (SSSR count). The van der Waals surface area contributed by atoms with E-state index >= 15 is 0 Å². The van der Waals surface area contributed by atoms with Crippen LogP contribution in [0.15, 0.2) is 12.2 Å². The van der Waals surface area contributed by atoms with Crippen LogP contribution in [0.5, 0.6) is 0 Å². The molecule has 0 aromatic carbocycles. The van der Waals surface area contributed by atoms with Gasteiger partial charge in [-0.15, -0.1) is 0 Å². The lowest BCUT2D eigenvalue weighted by Gasteiger charge is -2.25. The van der Waals surface area contributed by atoms with Gasteiger partial charge in [0.05, 0.1) is 12.0 Å². The molecule has 11 heavy (non-hydrogen) atoms. The summed E-state index contributed by atoms with van der Waals surface area (Å²) in [5.74, 6) is -1.41. The topological polar surface area (TPSA) is 57.5 Å². The molecule has 0 aromatic heterocycles. The van der Waals surface area contributed by atoms with Crippen LogP contribution in [0.25, 0.3) is 0 Å². The molecule has 0 radical (unpaired) electrons. The largest absolute Gasteiger partial charge is 0.481 e. The van der Waals surface area contributed by atoms with Crippen molar-refractivity contribution in [3.63, 3.8) is 0 Å². The lowest BCUT2D eigenvalue weighted by Crippen LogP contribution is -2.31. The van der Waals surface area contributed by atoms with Gasteiger partial charge in [0.2, 0.25) is 0 Å². The Morgan fingerprint density at radius 2 is 2.27 bits per heavy atom. The van der Waals surface area contributed by atoms with Crippen LogP contribution in [0.2, 0.25) is 0 Å². The quantitative estimate of drug-likeness (QED) is 0.548. The van der Waals surface area contributed by atoms with Crippen LogP contribution in [-0.2, 0) is 4.79 Å². The predicted octanol–water partition coefficient (Wildman–Crippen LogP) is 0.644. The number of rotatable bonds is 1. The van der Waals surface area contributed by atoms with Crippen LogP contribution < -0.4 is 0 Å². The number of carboxylic acid groups (broad SMARTS) is 1. The van der Waals surface area contributed by atoms with Gasteiger partial charge in [-0.2, -0.15) is 0 Å². The average Bonchev–Trinajstić information content (AvgIpc) is 1.94. The van der Waals surface area contributed by atoms with Gasteiger partial charge in [0.25, 0.3) is 0 Å². The molecule has 0 bridgehead atoms. The van der Waals surface area contributed by atoms with E-state index < -0.39 is 18.0 Å². The summed E-state index contributed by atoms with van der Waals surface area (Å²) in [6.45, 7) is 1.76. The fourth-order valence-electron chi connectivity index (χ4n) is 1.32. The van der Waals surface area contributed by atoms with E-state index in [1.54, 1.807) is 19.1 Å². The van der Waals surface area contributed by atoms with E-state index in [4.69, 9.17) is 5.11 Å². The number of carboxylic acids is 1. The van der Waals surface area contributed by atoms with Gasteiger partial charge in [0.15, 0.2) is 0 Å². The van der Waals surface area contributed by atoms with E-state index in [0.717, 1.165) is 0 Å². The van der Waals surface area contributed by atoms with E-state index in [1.165, 1.54) is 0 Å². The number of hydrogen-bond donors (Lipinski definition) is 2. The summed E-state index contributed by atoms with van der Waals surface area (Å²) in [5.41, 5.74) is 0. The van der Waals surface area contributed by atoms with E-state index in [9.17, 15) is 9.90 Å². The molecule has 3 nitrogen and oxygen atoms in total. The van der Waals surface area contributed by atoms with Crippen LogP contribution in [-0.4, -0.2) is 22.3 Å². The third kappa shape index (κ3) is 1.60. The summed E-state index contributed by atoms with van der Waals surface area (Å²) in [6, 6.07) is 0.